The highest BCUT2D eigenvalue weighted by atomic mass is 19.1. The number of nitrogens with zero attached hydrogens (tertiary/aromatic N) is 1. The summed E-state index contributed by atoms with van der Waals surface area (Å²) >= 11 is 0. The van der Waals surface area contributed by atoms with Crippen molar-refractivity contribution in [3.63, 3.8) is 0 Å². The molecule has 1 N–H and O–H groups in total. The molecule has 2 rings (SSSR count). The summed E-state index contributed by atoms with van der Waals surface area (Å²) in [6.45, 7) is 6.37. The number of nitrogens with one attached hydrogen (secondary N) is 1. The molecule has 0 saturated heterocycles. The van der Waals surface area contributed by atoms with E-state index in [-0.39, 0.29) is 23.7 Å². The van der Waals surface area contributed by atoms with E-state index in [0.29, 0.717) is 19.5 Å². The molecule has 1 fully saturated rings. The van der Waals surface area contributed by atoms with Crippen molar-refractivity contribution in [2.24, 2.45) is 5.41 Å². The van der Waals surface area contributed by atoms with Crippen LogP contribution in [0.5, 0.6) is 0 Å². The van der Waals surface area contributed by atoms with Gasteiger partial charge in [0.1, 0.15) is 5.82 Å². The van der Waals surface area contributed by atoms with E-state index in [1.165, 1.54) is 12.1 Å². The molecule has 0 radical (unpaired) electrons. The van der Waals surface area contributed by atoms with Crippen LogP contribution in [-0.2, 0) is 16.1 Å². The highest BCUT2D eigenvalue weighted by Crippen LogP contribution is 2.29. The molecule has 2 amide bonds. The van der Waals surface area contributed by atoms with Crippen LogP contribution in [0.25, 0.3) is 0 Å². The summed E-state index contributed by atoms with van der Waals surface area (Å²) in [5.41, 5.74) is 0.471. The van der Waals surface area contributed by atoms with Gasteiger partial charge in [-0.1, -0.05) is 32.9 Å². The lowest BCUT2D eigenvalue weighted by Crippen LogP contribution is -2.39. The zero-order valence-corrected chi connectivity index (χ0v) is 14.1. The molecule has 23 heavy (non-hydrogen) atoms. The van der Waals surface area contributed by atoms with Crippen LogP contribution in [0.3, 0.4) is 0 Å². The van der Waals surface area contributed by atoms with Gasteiger partial charge in [-0.25, -0.2) is 4.39 Å². The van der Waals surface area contributed by atoms with Gasteiger partial charge < -0.3 is 10.2 Å². The van der Waals surface area contributed by atoms with Crippen LogP contribution in [0.4, 0.5) is 4.39 Å². The Kier molecular flexibility index (Phi) is 5.39. The molecule has 1 aromatic carbocycles. The summed E-state index contributed by atoms with van der Waals surface area (Å²) in [5.74, 6) is -0.296. The van der Waals surface area contributed by atoms with Crippen LogP contribution in [0.2, 0.25) is 0 Å². The minimum absolute atomic E-state index is 0.0334. The number of halogens is 1. The Morgan fingerprint density at radius 3 is 2.35 bits per heavy atom. The van der Waals surface area contributed by atoms with Gasteiger partial charge in [-0.15, -0.1) is 0 Å². The highest BCUT2D eigenvalue weighted by molar-refractivity contribution is 5.82. The number of carbonyl (C=O) groups excluding carboxylic acids is 2. The fourth-order valence-electron chi connectivity index (χ4n) is 2.29. The Labute approximate surface area is 137 Å². The van der Waals surface area contributed by atoms with Crippen molar-refractivity contribution >= 4 is 11.8 Å². The fourth-order valence-corrected chi connectivity index (χ4v) is 2.29. The molecule has 0 heterocycles. The van der Waals surface area contributed by atoms with Crippen LogP contribution in [0.15, 0.2) is 24.3 Å². The number of hydrogen-bond donors (Lipinski definition) is 1. The van der Waals surface area contributed by atoms with Crippen LogP contribution >= 0.6 is 0 Å². The first-order chi connectivity index (χ1) is 10.8. The average molecular weight is 320 g/mol. The Hall–Kier alpha value is -1.91. The van der Waals surface area contributed by atoms with Crippen LogP contribution < -0.4 is 5.32 Å². The number of carbonyl (C=O) groups is 2. The molecule has 4 nitrogen and oxygen atoms in total. The molecule has 1 aliphatic carbocycles. The predicted molar refractivity (Wildman–Crippen MR) is 87.1 cm³/mol. The van der Waals surface area contributed by atoms with Gasteiger partial charge in [0.05, 0.1) is 0 Å². The van der Waals surface area contributed by atoms with Gasteiger partial charge >= 0.3 is 0 Å². The van der Waals surface area contributed by atoms with E-state index < -0.39 is 5.41 Å². The Morgan fingerprint density at radius 1 is 1.22 bits per heavy atom. The van der Waals surface area contributed by atoms with Crippen molar-refractivity contribution in [2.75, 3.05) is 6.54 Å². The predicted octanol–water partition coefficient (Wildman–Crippen LogP) is 2.87. The normalized spacial score (nSPS) is 14.4. The third kappa shape index (κ3) is 5.34. The lowest BCUT2D eigenvalue weighted by Gasteiger charge is -2.23. The van der Waals surface area contributed by atoms with Crippen LogP contribution in [0.1, 0.15) is 45.6 Å². The van der Waals surface area contributed by atoms with E-state index in [2.05, 4.69) is 5.32 Å². The van der Waals surface area contributed by atoms with E-state index in [4.69, 9.17) is 0 Å². The summed E-state index contributed by atoms with van der Waals surface area (Å²) in [7, 11) is 0. The maximum atomic E-state index is 13.0. The second kappa shape index (κ2) is 7.11. The van der Waals surface area contributed by atoms with Crippen LogP contribution in [-0.4, -0.2) is 29.3 Å². The largest absolute Gasteiger partial charge is 0.355 e. The van der Waals surface area contributed by atoms with Gasteiger partial charge in [-0.2, -0.15) is 0 Å². The maximum Gasteiger partial charge on any atom is 0.225 e. The first kappa shape index (κ1) is 17.4. The van der Waals surface area contributed by atoms with E-state index in [9.17, 15) is 14.0 Å². The second-order valence-electron chi connectivity index (χ2n) is 7.14. The zero-order chi connectivity index (χ0) is 17.0. The van der Waals surface area contributed by atoms with Crippen molar-refractivity contribution < 1.29 is 14.0 Å². The van der Waals surface area contributed by atoms with Gasteiger partial charge in [0.2, 0.25) is 11.8 Å². The summed E-state index contributed by atoms with van der Waals surface area (Å²) < 4.78 is 13.0. The van der Waals surface area contributed by atoms with Crippen molar-refractivity contribution in [2.45, 2.75) is 52.6 Å². The Morgan fingerprint density at radius 2 is 1.83 bits per heavy atom. The SMILES string of the molecule is CC(C)(C)C(=O)NCCC(=O)N(Cc1ccc(F)cc1)C1CC1. The molecule has 5 heteroatoms. The first-order valence-corrected chi connectivity index (χ1v) is 8.09. The average Bonchev–Trinajstić information content (AvgIpc) is 3.30. The lowest BCUT2D eigenvalue weighted by atomic mass is 9.96. The Balaban J connectivity index is 1.87. The number of amides is 2. The first-order valence-electron chi connectivity index (χ1n) is 8.09. The molecule has 1 aromatic rings. The smallest absolute Gasteiger partial charge is 0.225 e. The second-order valence-corrected chi connectivity index (χ2v) is 7.14. The number of hydrogen-bond acceptors (Lipinski definition) is 2. The molecule has 126 valence electrons. The third-order valence-electron chi connectivity index (χ3n) is 3.88. The molecule has 0 aliphatic heterocycles. The van der Waals surface area contributed by atoms with E-state index in [0.717, 1.165) is 18.4 Å². The molecule has 1 aliphatic rings. The molecule has 0 aromatic heterocycles. The summed E-state index contributed by atoms with van der Waals surface area (Å²) in [6.07, 6.45) is 2.32. The topological polar surface area (TPSA) is 49.4 Å². The molecule has 0 unspecified atom stereocenters. The maximum absolute atomic E-state index is 13.0. The monoisotopic (exact) mass is 320 g/mol. The molecular weight excluding hydrogens is 295 g/mol. The van der Waals surface area contributed by atoms with E-state index in [1.54, 1.807) is 12.1 Å². The van der Waals surface area contributed by atoms with E-state index in [1.807, 2.05) is 25.7 Å². The fraction of sp³-hybridized carbons (Fsp3) is 0.556. The van der Waals surface area contributed by atoms with Crippen molar-refractivity contribution in [1.82, 2.24) is 10.2 Å². The van der Waals surface area contributed by atoms with Gasteiger partial charge in [-0.3, -0.25) is 9.59 Å². The number of rotatable bonds is 6. The van der Waals surface area contributed by atoms with Gasteiger partial charge in [0.25, 0.3) is 0 Å². The molecule has 0 bridgehead atoms. The molecular formula is C18H25FN2O2. The summed E-state index contributed by atoms with van der Waals surface area (Å²) in [5, 5.41) is 2.80. The van der Waals surface area contributed by atoms with Gasteiger partial charge in [0.15, 0.2) is 0 Å². The van der Waals surface area contributed by atoms with E-state index >= 15 is 0 Å². The van der Waals surface area contributed by atoms with Crippen molar-refractivity contribution in [3.05, 3.63) is 35.6 Å². The molecule has 0 spiro atoms. The van der Waals surface area contributed by atoms with Gasteiger partial charge in [0, 0.05) is 31.0 Å². The summed E-state index contributed by atoms with van der Waals surface area (Å²) in [4.78, 5) is 26.1. The lowest BCUT2D eigenvalue weighted by molar-refractivity contribution is -0.132. The zero-order valence-electron chi connectivity index (χ0n) is 14.1. The Bertz CT molecular complexity index is 559. The van der Waals surface area contributed by atoms with Crippen LogP contribution in [0, 0.1) is 11.2 Å². The highest BCUT2D eigenvalue weighted by Gasteiger charge is 2.32. The third-order valence-corrected chi connectivity index (χ3v) is 3.88. The van der Waals surface area contributed by atoms with Gasteiger partial charge in [-0.05, 0) is 30.5 Å². The summed E-state index contributed by atoms with van der Waals surface area (Å²) in [6, 6.07) is 6.52. The molecule has 0 atom stereocenters. The minimum Gasteiger partial charge on any atom is -0.355 e. The van der Waals surface area contributed by atoms with Crippen molar-refractivity contribution in [1.29, 1.82) is 0 Å². The number of benzene rings is 1. The quantitative estimate of drug-likeness (QED) is 0.876. The minimum atomic E-state index is -0.451. The standard InChI is InChI=1S/C18H25FN2O2/c1-18(2,3)17(23)20-11-10-16(22)21(15-8-9-15)12-13-4-6-14(19)7-5-13/h4-7,15H,8-12H2,1-3H3,(H,20,23). The molecule has 1 saturated carbocycles. The van der Waals surface area contributed by atoms with Crippen molar-refractivity contribution in [3.8, 4) is 0 Å².